The highest BCUT2D eigenvalue weighted by Crippen LogP contribution is 2.32. The number of ether oxygens (including phenoxy) is 2. The van der Waals surface area contributed by atoms with Crippen molar-refractivity contribution in [2.24, 2.45) is 0 Å². The maximum atomic E-state index is 12.9. The number of piperazine rings is 1. The Morgan fingerprint density at radius 2 is 1.79 bits per heavy atom. The van der Waals surface area contributed by atoms with E-state index in [1.807, 2.05) is 0 Å². The van der Waals surface area contributed by atoms with E-state index in [1.165, 1.54) is 36.4 Å². The summed E-state index contributed by atoms with van der Waals surface area (Å²) in [6, 6.07) is 9.48. The number of halogens is 5. The van der Waals surface area contributed by atoms with Crippen LogP contribution >= 0.6 is 0 Å². The van der Waals surface area contributed by atoms with Gasteiger partial charge in [0.2, 0.25) is 5.91 Å². The topological polar surface area (TPSA) is 42.0 Å². The van der Waals surface area contributed by atoms with Crippen LogP contribution in [-0.2, 0) is 11.0 Å². The Morgan fingerprint density at radius 1 is 1.06 bits per heavy atom. The molecule has 1 aliphatic heterocycles. The lowest BCUT2D eigenvalue weighted by Crippen LogP contribution is -2.48. The third-order valence-corrected chi connectivity index (χ3v) is 5.03. The Bertz CT molecular complexity index is 986. The number of anilines is 1. The molecule has 1 aliphatic rings. The van der Waals surface area contributed by atoms with Crippen molar-refractivity contribution in [3.05, 3.63) is 59.7 Å². The number of carbonyl (C=O) groups is 1. The van der Waals surface area contributed by atoms with Gasteiger partial charge in [0.15, 0.2) is 11.5 Å². The molecule has 178 valence electrons. The molecule has 0 aromatic heterocycles. The highest BCUT2D eigenvalue weighted by molar-refractivity contribution is 5.92. The molecule has 0 N–H and O–H groups in total. The van der Waals surface area contributed by atoms with E-state index < -0.39 is 18.4 Å². The molecule has 2 aromatic carbocycles. The third-order valence-electron chi connectivity index (χ3n) is 5.03. The van der Waals surface area contributed by atoms with Crippen LogP contribution in [0.2, 0.25) is 0 Å². The normalized spacial score (nSPS) is 14.8. The number of rotatable bonds is 7. The Morgan fingerprint density at radius 3 is 2.42 bits per heavy atom. The van der Waals surface area contributed by atoms with E-state index in [0.29, 0.717) is 37.4 Å². The third kappa shape index (κ3) is 6.59. The second kappa shape index (κ2) is 10.5. The largest absolute Gasteiger partial charge is 0.490 e. The lowest BCUT2D eigenvalue weighted by atomic mass is 10.1. The molecule has 0 radical (unpaired) electrons. The van der Waals surface area contributed by atoms with Crippen LogP contribution in [0.5, 0.6) is 11.5 Å². The molecule has 33 heavy (non-hydrogen) atoms. The predicted octanol–water partition coefficient (Wildman–Crippen LogP) is 5.07. The van der Waals surface area contributed by atoms with E-state index >= 15 is 0 Å². The van der Waals surface area contributed by atoms with Gasteiger partial charge in [-0.1, -0.05) is 12.1 Å². The van der Waals surface area contributed by atoms with E-state index in [2.05, 4.69) is 4.74 Å². The Balaban J connectivity index is 1.61. The smallest absolute Gasteiger partial charge is 0.416 e. The highest BCUT2D eigenvalue weighted by Gasteiger charge is 2.31. The van der Waals surface area contributed by atoms with Crippen LogP contribution in [0.4, 0.5) is 27.6 Å². The monoisotopic (exact) mass is 470 g/mol. The first kappa shape index (κ1) is 24.3. The van der Waals surface area contributed by atoms with E-state index in [4.69, 9.17) is 4.74 Å². The number of hydrogen-bond acceptors (Lipinski definition) is 4. The van der Waals surface area contributed by atoms with Gasteiger partial charge in [0, 0.05) is 37.9 Å². The molecule has 0 unspecified atom stereocenters. The summed E-state index contributed by atoms with van der Waals surface area (Å²) >= 11 is 0. The van der Waals surface area contributed by atoms with Crippen molar-refractivity contribution in [1.82, 2.24) is 4.90 Å². The van der Waals surface area contributed by atoms with Gasteiger partial charge in [-0.2, -0.15) is 22.0 Å². The Labute approximate surface area is 188 Å². The predicted molar refractivity (Wildman–Crippen MR) is 114 cm³/mol. The van der Waals surface area contributed by atoms with Crippen molar-refractivity contribution in [1.29, 1.82) is 0 Å². The van der Waals surface area contributed by atoms with Gasteiger partial charge in [-0.05, 0) is 48.9 Å². The fraction of sp³-hybridized carbons (Fsp3) is 0.348. The number of benzene rings is 2. The summed E-state index contributed by atoms with van der Waals surface area (Å²) in [7, 11) is 0. The first-order valence-corrected chi connectivity index (χ1v) is 10.3. The van der Waals surface area contributed by atoms with Gasteiger partial charge in [0.1, 0.15) is 0 Å². The Kier molecular flexibility index (Phi) is 7.78. The van der Waals surface area contributed by atoms with Crippen LogP contribution in [0.25, 0.3) is 6.08 Å². The zero-order valence-corrected chi connectivity index (χ0v) is 17.8. The Hall–Kier alpha value is -3.30. The molecule has 0 spiro atoms. The van der Waals surface area contributed by atoms with Gasteiger partial charge in [-0.3, -0.25) is 4.79 Å². The van der Waals surface area contributed by atoms with Gasteiger partial charge >= 0.3 is 12.8 Å². The summed E-state index contributed by atoms with van der Waals surface area (Å²) in [6.07, 6.45) is -1.51. The molecule has 2 aromatic rings. The van der Waals surface area contributed by atoms with E-state index in [9.17, 15) is 26.7 Å². The van der Waals surface area contributed by atoms with Crippen molar-refractivity contribution < 1.29 is 36.2 Å². The molecule has 0 aliphatic carbocycles. The van der Waals surface area contributed by atoms with Crippen LogP contribution < -0.4 is 14.4 Å². The summed E-state index contributed by atoms with van der Waals surface area (Å²) in [5, 5.41) is 0. The maximum absolute atomic E-state index is 12.9. The molecule has 1 amide bonds. The first-order valence-electron chi connectivity index (χ1n) is 10.3. The van der Waals surface area contributed by atoms with Crippen LogP contribution in [-0.4, -0.2) is 50.2 Å². The lowest BCUT2D eigenvalue weighted by Gasteiger charge is -2.35. The fourth-order valence-electron chi connectivity index (χ4n) is 3.43. The zero-order valence-electron chi connectivity index (χ0n) is 17.8. The molecule has 0 saturated carbocycles. The molecular weight excluding hydrogens is 447 g/mol. The molecule has 1 fully saturated rings. The van der Waals surface area contributed by atoms with Gasteiger partial charge in [-0.15, -0.1) is 0 Å². The standard InChI is InChI=1S/C23H23F5N2O3/c1-2-32-20-14-16(6-8-19(20)33-22(24)25)7-9-21(31)30-12-10-29(11-13-30)18-5-3-4-17(15-18)23(26,27)28/h3-9,14-15,22H,2,10-13H2,1H3/b9-7+. The van der Waals surface area contributed by atoms with Crippen molar-refractivity contribution in [2.75, 3.05) is 37.7 Å². The van der Waals surface area contributed by atoms with E-state index in [1.54, 1.807) is 22.8 Å². The first-order chi connectivity index (χ1) is 15.7. The second-order valence-corrected chi connectivity index (χ2v) is 7.21. The van der Waals surface area contributed by atoms with Crippen molar-refractivity contribution in [3.8, 4) is 11.5 Å². The summed E-state index contributed by atoms with van der Waals surface area (Å²) in [5.41, 5.74) is 0.316. The number of amides is 1. The SMILES string of the molecule is CCOc1cc(/C=C/C(=O)N2CCN(c3cccc(C(F)(F)F)c3)CC2)ccc1OC(F)F. The van der Waals surface area contributed by atoms with Crippen LogP contribution in [0.15, 0.2) is 48.5 Å². The summed E-state index contributed by atoms with van der Waals surface area (Å²) in [4.78, 5) is 15.9. The summed E-state index contributed by atoms with van der Waals surface area (Å²) in [5.74, 6) is -0.215. The molecular formula is C23H23F5N2O3. The molecule has 3 rings (SSSR count). The average molecular weight is 470 g/mol. The van der Waals surface area contributed by atoms with Gasteiger partial charge in [0.25, 0.3) is 0 Å². The molecule has 0 bridgehead atoms. The number of hydrogen-bond donors (Lipinski definition) is 0. The van der Waals surface area contributed by atoms with Crippen molar-refractivity contribution in [3.63, 3.8) is 0 Å². The maximum Gasteiger partial charge on any atom is 0.416 e. The summed E-state index contributed by atoms with van der Waals surface area (Å²) in [6.45, 7) is 0.473. The molecule has 1 heterocycles. The molecule has 1 saturated heterocycles. The van der Waals surface area contributed by atoms with Crippen LogP contribution in [0.1, 0.15) is 18.1 Å². The van der Waals surface area contributed by atoms with Crippen LogP contribution in [0, 0.1) is 0 Å². The van der Waals surface area contributed by atoms with Gasteiger partial charge in [0.05, 0.1) is 12.2 Å². The fourth-order valence-corrected chi connectivity index (χ4v) is 3.43. The minimum absolute atomic E-state index is 0.0963. The van der Waals surface area contributed by atoms with Crippen molar-refractivity contribution >= 4 is 17.7 Å². The van der Waals surface area contributed by atoms with Crippen LogP contribution in [0.3, 0.4) is 0 Å². The lowest BCUT2D eigenvalue weighted by molar-refractivity contribution is -0.137. The molecule has 0 atom stereocenters. The van der Waals surface area contributed by atoms with E-state index in [-0.39, 0.29) is 24.0 Å². The quantitative estimate of drug-likeness (QED) is 0.419. The minimum Gasteiger partial charge on any atom is -0.490 e. The minimum atomic E-state index is -4.41. The number of carbonyl (C=O) groups excluding carboxylic acids is 1. The van der Waals surface area contributed by atoms with Gasteiger partial charge < -0.3 is 19.3 Å². The summed E-state index contributed by atoms with van der Waals surface area (Å²) < 4.78 is 73.6. The molecule has 10 heteroatoms. The number of alkyl halides is 5. The zero-order chi connectivity index (χ0) is 24.0. The molecule has 5 nitrogen and oxygen atoms in total. The number of nitrogens with zero attached hydrogens (tertiary/aromatic N) is 2. The van der Waals surface area contributed by atoms with Crippen molar-refractivity contribution in [2.45, 2.75) is 19.7 Å². The highest BCUT2D eigenvalue weighted by atomic mass is 19.4. The van der Waals surface area contributed by atoms with E-state index in [0.717, 1.165) is 12.1 Å². The average Bonchev–Trinajstić information content (AvgIpc) is 2.78. The second-order valence-electron chi connectivity index (χ2n) is 7.21. The van der Waals surface area contributed by atoms with Gasteiger partial charge in [-0.25, -0.2) is 0 Å².